The minimum atomic E-state index is -5.48. The van der Waals surface area contributed by atoms with E-state index in [1.165, 1.54) is 12.0 Å². The lowest BCUT2D eigenvalue weighted by molar-refractivity contribution is -0.0436. The molecule has 0 N–H and O–H groups in total. The van der Waals surface area contributed by atoms with Crippen LogP contribution in [-0.4, -0.2) is 68.8 Å². The lowest BCUT2D eigenvalue weighted by Gasteiger charge is -2.23. The predicted molar refractivity (Wildman–Crippen MR) is 109 cm³/mol. The molecule has 1 aliphatic heterocycles. The number of benzene rings is 2. The molecule has 7 nitrogen and oxygen atoms in total. The van der Waals surface area contributed by atoms with Crippen molar-refractivity contribution in [3.05, 3.63) is 59.7 Å². The van der Waals surface area contributed by atoms with Crippen LogP contribution in [0.3, 0.4) is 0 Å². The van der Waals surface area contributed by atoms with Crippen molar-refractivity contribution in [3.63, 3.8) is 0 Å². The highest BCUT2D eigenvalue weighted by Crippen LogP contribution is 2.30. The van der Waals surface area contributed by atoms with Crippen LogP contribution in [0.2, 0.25) is 0 Å². The van der Waals surface area contributed by atoms with Gasteiger partial charge in [0, 0.05) is 31.7 Å². The molecule has 1 aliphatic rings. The fourth-order valence-electron chi connectivity index (χ4n) is 3.41. The molecular formula is C21H21F3N2O5S. The van der Waals surface area contributed by atoms with Crippen molar-refractivity contribution in [3.8, 4) is 5.75 Å². The minimum Gasteiger partial charge on any atom is -0.496 e. The molecule has 0 unspecified atom stereocenters. The van der Waals surface area contributed by atoms with Gasteiger partial charge in [-0.2, -0.15) is 13.2 Å². The summed E-state index contributed by atoms with van der Waals surface area (Å²) < 4.78 is 66.2. The van der Waals surface area contributed by atoms with Gasteiger partial charge in [0.25, 0.3) is 21.7 Å². The van der Waals surface area contributed by atoms with Crippen molar-refractivity contribution in [2.75, 3.05) is 33.3 Å². The van der Waals surface area contributed by atoms with Gasteiger partial charge in [0.05, 0.1) is 17.6 Å². The number of ether oxygens (including phenoxy) is 1. The Balaban J connectivity index is 1.70. The number of hydrogen-bond donors (Lipinski definition) is 0. The van der Waals surface area contributed by atoms with Crippen molar-refractivity contribution in [2.24, 2.45) is 0 Å². The third-order valence-electron chi connectivity index (χ3n) is 5.12. The molecule has 2 aromatic rings. The number of methoxy groups -OCH3 is 1. The van der Waals surface area contributed by atoms with Crippen LogP contribution in [-0.2, 0) is 9.84 Å². The normalized spacial score (nSPS) is 15.2. The highest BCUT2D eigenvalue weighted by Gasteiger charge is 2.46. The Hall–Kier alpha value is -3.08. The number of alkyl halides is 3. The molecule has 1 fully saturated rings. The number of carbonyl (C=O) groups excluding carboxylic acids is 2. The summed E-state index contributed by atoms with van der Waals surface area (Å²) in [6, 6.07) is 10.5. The summed E-state index contributed by atoms with van der Waals surface area (Å²) in [5, 5.41) is 0. The number of halogens is 3. The molecule has 32 heavy (non-hydrogen) atoms. The van der Waals surface area contributed by atoms with Gasteiger partial charge in [-0.05, 0) is 42.8 Å². The van der Waals surface area contributed by atoms with Gasteiger partial charge < -0.3 is 14.5 Å². The standard InChI is InChI=1S/C21H21F3N2O5S/c1-31-18-6-3-2-5-17(18)20(28)26-12-4-11-25(13-14-26)19(27)15-7-9-16(10-8-15)32(29,30)21(22,23)24/h2-3,5-10H,4,11-14H2,1H3. The highest BCUT2D eigenvalue weighted by molar-refractivity contribution is 7.92. The van der Waals surface area contributed by atoms with Gasteiger partial charge in [-0.1, -0.05) is 12.1 Å². The van der Waals surface area contributed by atoms with E-state index in [0.717, 1.165) is 24.3 Å². The topological polar surface area (TPSA) is 84.0 Å². The number of amides is 2. The molecule has 1 saturated heterocycles. The smallest absolute Gasteiger partial charge is 0.496 e. The second-order valence-electron chi connectivity index (χ2n) is 7.11. The number of para-hydroxylation sites is 1. The second kappa shape index (κ2) is 9.19. The van der Waals surface area contributed by atoms with E-state index >= 15 is 0 Å². The van der Waals surface area contributed by atoms with Crippen LogP contribution in [0, 0.1) is 0 Å². The summed E-state index contributed by atoms with van der Waals surface area (Å²) in [4.78, 5) is 27.9. The molecule has 3 rings (SSSR count). The average Bonchev–Trinajstić information content (AvgIpc) is 3.03. The van der Waals surface area contributed by atoms with E-state index < -0.39 is 26.1 Å². The van der Waals surface area contributed by atoms with E-state index in [1.807, 2.05) is 0 Å². The van der Waals surface area contributed by atoms with E-state index in [4.69, 9.17) is 4.74 Å². The third kappa shape index (κ3) is 4.72. The summed E-state index contributed by atoms with van der Waals surface area (Å²) >= 11 is 0. The number of hydrogen-bond acceptors (Lipinski definition) is 5. The molecule has 0 saturated carbocycles. The molecule has 2 aromatic carbocycles. The van der Waals surface area contributed by atoms with Gasteiger partial charge in [-0.15, -0.1) is 0 Å². The van der Waals surface area contributed by atoms with Crippen molar-refractivity contribution in [2.45, 2.75) is 16.8 Å². The monoisotopic (exact) mass is 470 g/mol. The van der Waals surface area contributed by atoms with Crippen LogP contribution in [0.4, 0.5) is 13.2 Å². The van der Waals surface area contributed by atoms with Crippen molar-refractivity contribution in [1.82, 2.24) is 9.80 Å². The van der Waals surface area contributed by atoms with Gasteiger partial charge in [0.1, 0.15) is 5.75 Å². The first-order valence-corrected chi connectivity index (χ1v) is 11.2. The second-order valence-corrected chi connectivity index (χ2v) is 9.05. The van der Waals surface area contributed by atoms with E-state index in [1.54, 1.807) is 29.2 Å². The molecule has 2 amide bonds. The maximum absolute atomic E-state index is 12.9. The van der Waals surface area contributed by atoms with Crippen LogP contribution < -0.4 is 4.74 Å². The zero-order valence-corrected chi connectivity index (χ0v) is 17.9. The maximum atomic E-state index is 12.9. The van der Waals surface area contributed by atoms with Gasteiger partial charge in [-0.25, -0.2) is 8.42 Å². The van der Waals surface area contributed by atoms with Crippen molar-refractivity contribution >= 4 is 21.7 Å². The Bertz CT molecular complexity index is 1100. The molecule has 0 aromatic heterocycles. The van der Waals surface area contributed by atoms with E-state index in [0.29, 0.717) is 30.8 Å². The first kappa shape index (κ1) is 23.6. The van der Waals surface area contributed by atoms with Crippen molar-refractivity contribution < 1.29 is 35.9 Å². The number of carbonyl (C=O) groups is 2. The van der Waals surface area contributed by atoms with Crippen LogP contribution in [0.1, 0.15) is 27.1 Å². The summed E-state index contributed by atoms with van der Waals surface area (Å²) in [6.45, 7) is 1.26. The van der Waals surface area contributed by atoms with Crippen molar-refractivity contribution in [1.29, 1.82) is 0 Å². The molecule has 0 spiro atoms. The zero-order chi connectivity index (χ0) is 23.5. The molecule has 0 radical (unpaired) electrons. The molecule has 0 aliphatic carbocycles. The van der Waals surface area contributed by atoms with E-state index in [2.05, 4.69) is 0 Å². The number of sulfone groups is 1. The Morgan fingerprint density at radius 3 is 2.00 bits per heavy atom. The fraction of sp³-hybridized carbons (Fsp3) is 0.333. The molecule has 11 heteroatoms. The maximum Gasteiger partial charge on any atom is 0.501 e. The lowest BCUT2D eigenvalue weighted by Crippen LogP contribution is -2.37. The SMILES string of the molecule is COc1ccccc1C(=O)N1CCCN(C(=O)c2ccc(S(=O)(=O)C(F)(F)F)cc2)CC1. The third-order valence-corrected chi connectivity index (χ3v) is 6.63. The summed E-state index contributed by atoms with van der Waals surface area (Å²) in [6.07, 6.45) is 0.507. The predicted octanol–water partition coefficient (Wildman–Crippen LogP) is 2.98. The largest absolute Gasteiger partial charge is 0.501 e. The lowest BCUT2D eigenvalue weighted by atomic mass is 10.1. The van der Waals surface area contributed by atoms with Gasteiger partial charge in [0.2, 0.25) is 0 Å². The molecule has 0 atom stereocenters. The quantitative estimate of drug-likeness (QED) is 0.686. The van der Waals surface area contributed by atoms with Crippen LogP contribution in [0.5, 0.6) is 5.75 Å². The van der Waals surface area contributed by atoms with Crippen LogP contribution >= 0.6 is 0 Å². The first-order valence-electron chi connectivity index (χ1n) is 9.69. The van der Waals surface area contributed by atoms with Crippen LogP contribution in [0.15, 0.2) is 53.4 Å². The van der Waals surface area contributed by atoms with Crippen LogP contribution in [0.25, 0.3) is 0 Å². The highest BCUT2D eigenvalue weighted by atomic mass is 32.2. The Labute approximate surface area is 183 Å². The Morgan fingerprint density at radius 1 is 0.875 bits per heavy atom. The molecule has 172 valence electrons. The zero-order valence-electron chi connectivity index (χ0n) is 17.1. The molecule has 0 bridgehead atoms. The molecule has 1 heterocycles. The average molecular weight is 470 g/mol. The van der Waals surface area contributed by atoms with Gasteiger partial charge >= 0.3 is 5.51 Å². The number of rotatable bonds is 4. The Kier molecular flexibility index (Phi) is 6.77. The summed E-state index contributed by atoms with van der Waals surface area (Å²) in [5.41, 5.74) is -4.94. The van der Waals surface area contributed by atoms with E-state index in [-0.39, 0.29) is 24.6 Å². The fourth-order valence-corrected chi connectivity index (χ4v) is 4.17. The summed E-state index contributed by atoms with van der Waals surface area (Å²) in [5.74, 6) is -0.227. The first-order chi connectivity index (χ1) is 15.1. The van der Waals surface area contributed by atoms with Gasteiger partial charge in [-0.3, -0.25) is 9.59 Å². The van der Waals surface area contributed by atoms with Gasteiger partial charge in [0.15, 0.2) is 0 Å². The van der Waals surface area contributed by atoms with E-state index in [9.17, 15) is 31.2 Å². The number of nitrogens with zero attached hydrogens (tertiary/aromatic N) is 2. The summed E-state index contributed by atoms with van der Waals surface area (Å²) in [7, 11) is -4.01. The Morgan fingerprint density at radius 2 is 1.44 bits per heavy atom. The minimum absolute atomic E-state index is 0.0654. The molecular weight excluding hydrogens is 449 g/mol.